The maximum absolute atomic E-state index is 11.8. The van der Waals surface area contributed by atoms with Crippen molar-refractivity contribution in [2.75, 3.05) is 26.4 Å². The van der Waals surface area contributed by atoms with Crippen LogP contribution in [0.15, 0.2) is 42.5 Å². The quantitative estimate of drug-likeness (QED) is 0.434. The fraction of sp³-hybridized carbons (Fsp3) is 0.333. The van der Waals surface area contributed by atoms with Crippen LogP contribution < -0.4 is 5.73 Å². The van der Waals surface area contributed by atoms with Gasteiger partial charge in [0, 0.05) is 6.54 Å². The molecule has 1 atom stereocenters. The number of hydrogen-bond donors (Lipinski definition) is 1. The predicted octanol–water partition coefficient (Wildman–Crippen LogP) is 1.86. The molecule has 142 valence electrons. The van der Waals surface area contributed by atoms with E-state index >= 15 is 0 Å². The third-order valence-electron chi connectivity index (χ3n) is 4.44. The highest BCUT2D eigenvalue weighted by atomic mass is 16.6. The number of carbonyl (C=O) groups excluding carboxylic acids is 2. The number of esters is 1. The lowest BCUT2D eigenvalue weighted by Crippen LogP contribution is -2.27. The topological polar surface area (TPSA) is 87.9 Å². The Morgan fingerprint density at radius 1 is 1.15 bits per heavy atom. The van der Waals surface area contributed by atoms with Gasteiger partial charge in [0.1, 0.15) is 19.3 Å². The van der Waals surface area contributed by atoms with E-state index in [1.54, 1.807) is 0 Å². The zero-order chi connectivity index (χ0) is 19.1. The molecule has 6 nitrogen and oxygen atoms in total. The van der Waals surface area contributed by atoms with Gasteiger partial charge < -0.3 is 24.7 Å². The van der Waals surface area contributed by atoms with Gasteiger partial charge in [0.15, 0.2) is 6.29 Å². The first-order chi connectivity index (χ1) is 13.2. The summed E-state index contributed by atoms with van der Waals surface area (Å²) >= 11 is 0. The summed E-state index contributed by atoms with van der Waals surface area (Å²) in [4.78, 5) is 22.6. The van der Waals surface area contributed by atoms with Crippen molar-refractivity contribution < 1.29 is 23.8 Å². The zero-order valence-electron chi connectivity index (χ0n) is 15.1. The summed E-state index contributed by atoms with van der Waals surface area (Å²) in [5.41, 5.74) is 11.4. The third-order valence-corrected chi connectivity index (χ3v) is 4.44. The minimum Gasteiger partial charge on any atom is -0.461 e. The molecule has 1 aliphatic carbocycles. The van der Waals surface area contributed by atoms with Crippen LogP contribution in [0, 0.1) is 0 Å². The molecule has 3 rings (SSSR count). The van der Waals surface area contributed by atoms with Crippen molar-refractivity contribution in [1.82, 2.24) is 0 Å². The van der Waals surface area contributed by atoms with E-state index in [-0.39, 0.29) is 19.8 Å². The summed E-state index contributed by atoms with van der Waals surface area (Å²) in [6.45, 7) is 0.541. The van der Waals surface area contributed by atoms with Gasteiger partial charge >= 0.3 is 5.97 Å². The summed E-state index contributed by atoms with van der Waals surface area (Å²) in [6, 6.07) is 14.5. The van der Waals surface area contributed by atoms with Crippen LogP contribution >= 0.6 is 0 Å². The SMILES string of the molecule is NCCOC(C=O)COC(=O)COCc1cccc2c1Cc1ccccc1-2. The first-order valence-electron chi connectivity index (χ1n) is 8.92. The summed E-state index contributed by atoms with van der Waals surface area (Å²) < 4.78 is 15.7. The molecule has 27 heavy (non-hydrogen) atoms. The molecule has 0 aromatic heterocycles. The Hall–Kier alpha value is -2.54. The molecule has 0 aliphatic heterocycles. The van der Waals surface area contributed by atoms with Gasteiger partial charge in [-0.25, -0.2) is 4.79 Å². The molecule has 2 N–H and O–H groups in total. The van der Waals surface area contributed by atoms with Crippen molar-refractivity contribution in [3.8, 4) is 11.1 Å². The average molecular weight is 369 g/mol. The standard InChI is InChI=1S/C21H23NO5/c22-8-9-26-17(11-23)13-27-21(24)14-25-12-16-5-3-7-19-18-6-2-1-4-15(18)10-20(16)19/h1-7,11,17H,8-10,12-14,22H2. The van der Waals surface area contributed by atoms with Gasteiger partial charge in [-0.15, -0.1) is 0 Å². The van der Waals surface area contributed by atoms with Crippen LogP contribution in [0.5, 0.6) is 0 Å². The van der Waals surface area contributed by atoms with Crippen LogP contribution in [0.1, 0.15) is 16.7 Å². The molecule has 1 unspecified atom stereocenters. The Balaban J connectivity index is 1.49. The molecule has 0 spiro atoms. The van der Waals surface area contributed by atoms with Gasteiger partial charge in [-0.2, -0.15) is 0 Å². The number of nitrogens with two attached hydrogens (primary N) is 1. The molecule has 2 aromatic carbocycles. The largest absolute Gasteiger partial charge is 0.461 e. The van der Waals surface area contributed by atoms with Gasteiger partial charge in [0.2, 0.25) is 0 Å². The molecule has 0 bridgehead atoms. The average Bonchev–Trinajstić information content (AvgIpc) is 3.08. The van der Waals surface area contributed by atoms with Crippen molar-refractivity contribution in [2.45, 2.75) is 19.1 Å². The summed E-state index contributed by atoms with van der Waals surface area (Å²) in [6.07, 6.45) is 0.664. The predicted molar refractivity (Wildman–Crippen MR) is 100 cm³/mol. The van der Waals surface area contributed by atoms with Crippen molar-refractivity contribution in [2.24, 2.45) is 5.73 Å². The molecule has 0 saturated carbocycles. The van der Waals surface area contributed by atoms with Crippen LogP contribution in [-0.2, 0) is 36.8 Å². The minimum absolute atomic E-state index is 0.137. The zero-order valence-corrected chi connectivity index (χ0v) is 15.1. The van der Waals surface area contributed by atoms with Crippen LogP contribution in [0.25, 0.3) is 11.1 Å². The van der Waals surface area contributed by atoms with E-state index in [9.17, 15) is 9.59 Å². The second-order valence-electron chi connectivity index (χ2n) is 6.29. The maximum atomic E-state index is 11.8. The highest BCUT2D eigenvalue weighted by Crippen LogP contribution is 2.38. The number of fused-ring (bicyclic) bond motifs is 3. The van der Waals surface area contributed by atoms with Crippen LogP contribution in [0.2, 0.25) is 0 Å². The Morgan fingerprint density at radius 2 is 1.96 bits per heavy atom. The normalized spacial score (nSPS) is 12.9. The van der Waals surface area contributed by atoms with Crippen molar-refractivity contribution >= 4 is 12.3 Å². The van der Waals surface area contributed by atoms with E-state index in [4.69, 9.17) is 19.9 Å². The highest BCUT2D eigenvalue weighted by molar-refractivity contribution is 5.77. The fourth-order valence-electron chi connectivity index (χ4n) is 3.17. The van der Waals surface area contributed by atoms with Crippen LogP contribution in [0.4, 0.5) is 0 Å². The van der Waals surface area contributed by atoms with E-state index in [0.29, 0.717) is 19.4 Å². The molecule has 1 aliphatic rings. The number of rotatable bonds is 10. The lowest BCUT2D eigenvalue weighted by atomic mass is 10.0. The van der Waals surface area contributed by atoms with E-state index < -0.39 is 12.1 Å². The molecule has 0 radical (unpaired) electrons. The van der Waals surface area contributed by atoms with E-state index in [1.807, 2.05) is 24.3 Å². The third kappa shape index (κ3) is 4.80. The fourth-order valence-corrected chi connectivity index (χ4v) is 3.17. The van der Waals surface area contributed by atoms with Gasteiger partial charge in [-0.1, -0.05) is 42.5 Å². The first kappa shape index (κ1) is 19.2. The summed E-state index contributed by atoms with van der Waals surface area (Å²) in [5.74, 6) is -0.533. The van der Waals surface area contributed by atoms with E-state index in [0.717, 1.165) is 12.0 Å². The maximum Gasteiger partial charge on any atom is 0.332 e. The summed E-state index contributed by atoms with van der Waals surface area (Å²) in [5, 5.41) is 0. The molecular formula is C21H23NO5. The molecule has 0 amide bonds. The van der Waals surface area contributed by atoms with E-state index in [1.165, 1.54) is 22.3 Å². The number of hydrogen-bond acceptors (Lipinski definition) is 6. The number of carbonyl (C=O) groups is 2. The smallest absolute Gasteiger partial charge is 0.332 e. The highest BCUT2D eigenvalue weighted by Gasteiger charge is 2.20. The van der Waals surface area contributed by atoms with Crippen molar-refractivity contribution in [1.29, 1.82) is 0 Å². The molecule has 0 heterocycles. The van der Waals surface area contributed by atoms with Crippen LogP contribution in [0.3, 0.4) is 0 Å². The molecule has 6 heteroatoms. The Kier molecular flexibility index (Phi) is 6.70. The molecular weight excluding hydrogens is 346 g/mol. The number of benzene rings is 2. The summed E-state index contributed by atoms with van der Waals surface area (Å²) in [7, 11) is 0. The van der Waals surface area contributed by atoms with Gasteiger partial charge in [-0.05, 0) is 34.2 Å². The number of ether oxygens (including phenoxy) is 3. The van der Waals surface area contributed by atoms with Gasteiger partial charge in [-0.3, -0.25) is 0 Å². The Labute approximate surface area is 158 Å². The van der Waals surface area contributed by atoms with E-state index in [2.05, 4.69) is 18.2 Å². The second kappa shape index (κ2) is 9.41. The molecule has 0 fully saturated rings. The lowest BCUT2D eigenvalue weighted by Gasteiger charge is -2.12. The lowest BCUT2D eigenvalue weighted by molar-refractivity contribution is -0.154. The number of aldehydes is 1. The monoisotopic (exact) mass is 369 g/mol. The molecule has 2 aromatic rings. The Bertz CT molecular complexity index is 805. The second-order valence-corrected chi connectivity index (χ2v) is 6.29. The molecule has 0 saturated heterocycles. The van der Waals surface area contributed by atoms with Crippen LogP contribution in [-0.4, -0.2) is 44.7 Å². The van der Waals surface area contributed by atoms with Crippen molar-refractivity contribution in [3.63, 3.8) is 0 Å². The van der Waals surface area contributed by atoms with Gasteiger partial charge in [0.25, 0.3) is 0 Å². The first-order valence-corrected chi connectivity index (χ1v) is 8.92. The van der Waals surface area contributed by atoms with Gasteiger partial charge in [0.05, 0.1) is 13.2 Å². The van der Waals surface area contributed by atoms with Crippen molar-refractivity contribution in [3.05, 3.63) is 59.2 Å². The Morgan fingerprint density at radius 3 is 2.78 bits per heavy atom. The minimum atomic E-state index is -0.798.